The van der Waals surface area contributed by atoms with E-state index >= 15 is 0 Å². The summed E-state index contributed by atoms with van der Waals surface area (Å²) in [6.07, 6.45) is 1.63. The molecule has 0 aliphatic carbocycles. The molecule has 1 amide bonds. The van der Waals surface area contributed by atoms with Gasteiger partial charge in [-0.25, -0.2) is 17.1 Å². The number of hydrogen-bond donors (Lipinski definition) is 1. The second-order valence-electron chi connectivity index (χ2n) is 6.21. The van der Waals surface area contributed by atoms with Crippen LogP contribution in [0.3, 0.4) is 0 Å². The lowest BCUT2D eigenvalue weighted by Crippen LogP contribution is -2.34. The molecule has 0 heterocycles. The van der Waals surface area contributed by atoms with Gasteiger partial charge in [0, 0.05) is 25.2 Å². The highest BCUT2D eigenvalue weighted by atomic mass is 32.2. The summed E-state index contributed by atoms with van der Waals surface area (Å²) >= 11 is 0. The fourth-order valence-corrected chi connectivity index (χ4v) is 3.37. The Hall–Kier alpha value is -2.25. The van der Waals surface area contributed by atoms with E-state index in [1.54, 1.807) is 18.2 Å². The number of anilines is 1. The third-order valence-corrected chi connectivity index (χ3v) is 5.23. The largest absolute Gasteiger partial charge is 0.326 e. The zero-order chi connectivity index (χ0) is 19.2. The summed E-state index contributed by atoms with van der Waals surface area (Å²) in [5.74, 6) is -0.576. The highest BCUT2D eigenvalue weighted by molar-refractivity contribution is 7.88. The van der Waals surface area contributed by atoms with Crippen molar-refractivity contribution < 1.29 is 17.6 Å². The van der Waals surface area contributed by atoms with E-state index in [4.69, 9.17) is 0 Å². The fourth-order valence-electron chi connectivity index (χ4n) is 2.52. The van der Waals surface area contributed by atoms with Crippen molar-refractivity contribution in [2.75, 3.05) is 24.7 Å². The summed E-state index contributed by atoms with van der Waals surface area (Å²) in [5.41, 5.74) is 2.55. The average molecular weight is 378 g/mol. The number of benzene rings is 2. The van der Waals surface area contributed by atoms with Gasteiger partial charge in [-0.2, -0.15) is 0 Å². The van der Waals surface area contributed by atoms with Gasteiger partial charge in [0.1, 0.15) is 5.82 Å². The molecule has 0 saturated carbocycles. The van der Waals surface area contributed by atoms with Gasteiger partial charge in [0.25, 0.3) is 0 Å². The second kappa shape index (κ2) is 8.91. The van der Waals surface area contributed by atoms with Crippen LogP contribution in [0.4, 0.5) is 10.1 Å². The van der Waals surface area contributed by atoms with Crippen LogP contribution < -0.4 is 5.32 Å². The van der Waals surface area contributed by atoms with Crippen LogP contribution in [0.15, 0.2) is 48.5 Å². The van der Waals surface area contributed by atoms with Crippen molar-refractivity contribution in [3.8, 4) is 0 Å². The van der Waals surface area contributed by atoms with Gasteiger partial charge in [-0.05, 0) is 48.7 Å². The van der Waals surface area contributed by atoms with E-state index in [1.807, 2.05) is 25.1 Å². The molecule has 0 spiro atoms. The molecular weight excluding hydrogens is 355 g/mol. The molecule has 0 fully saturated rings. The van der Waals surface area contributed by atoms with Crippen LogP contribution in [-0.2, 0) is 21.2 Å². The molecule has 26 heavy (non-hydrogen) atoms. The second-order valence-corrected chi connectivity index (χ2v) is 8.19. The molecule has 140 valence electrons. The highest BCUT2D eigenvalue weighted by Crippen LogP contribution is 2.11. The number of halogens is 1. The Morgan fingerprint density at radius 3 is 2.42 bits per heavy atom. The van der Waals surface area contributed by atoms with Crippen molar-refractivity contribution in [3.05, 3.63) is 65.5 Å². The summed E-state index contributed by atoms with van der Waals surface area (Å²) in [4.78, 5) is 12.1. The first kappa shape index (κ1) is 20.1. The standard InChI is InChI=1S/C19H23FN2O3S/c1-15-4-3-5-18(14-15)21-19(23)11-13-22(26(2,24)25)12-10-16-6-8-17(20)9-7-16/h3-9,14H,10-13H2,1-2H3,(H,21,23). The summed E-state index contributed by atoms with van der Waals surface area (Å²) in [6, 6.07) is 13.3. The van der Waals surface area contributed by atoms with E-state index in [2.05, 4.69) is 5.32 Å². The quantitative estimate of drug-likeness (QED) is 0.768. The molecule has 5 nitrogen and oxygen atoms in total. The van der Waals surface area contributed by atoms with Crippen molar-refractivity contribution in [1.82, 2.24) is 4.31 Å². The summed E-state index contributed by atoms with van der Waals surface area (Å²) in [7, 11) is -3.44. The fraction of sp³-hybridized carbons (Fsp3) is 0.316. The Balaban J connectivity index is 1.91. The SMILES string of the molecule is Cc1cccc(NC(=O)CCN(CCc2ccc(F)cc2)S(C)(=O)=O)c1. The smallest absolute Gasteiger partial charge is 0.225 e. The molecule has 0 atom stereocenters. The number of nitrogens with zero attached hydrogens (tertiary/aromatic N) is 1. The third-order valence-electron chi connectivity index (χ3n) is 3.92. The molecule has 0 unspecified atom stereocenters. The molecule has 0 radical (unpaired) electrons. The van der Waals surface area contributed by atoms with Crippen LogP contribution in [0.5, 0.6) is 0 Å². The molecule has 0 saturated heterocycles. The van der Waals surface area contributed by atoms with E-state index < -0.39 is 10.0 Å². The average Bonchev–Trinajstić information content (AvgIpc) is 2.55. The molecular formula is C19H23FN2O3S. The van der Waals surface area contributed by atoms with Crippen molar-refractivity contribution in [2.45, 2.75) is 19.8 Å². The van der Waals surface area contributed by atoms with Crippen LogP contribution in [0.1, 0.15) is 17.5 Å². The van der Waals surface area contributed by atoms with E-state index in [0.717, 1.165) is 17.4 Å². The lowest BCUT2D eigenvalue weighted by Gasteiger charge is -2.19. The number of nitrogens with one attached hydrogen (secondary N) is 1. The lowest BCUT2D eigenvalue weighted by molar-refractivity contribution is -0.116. The minimum absolute atomic E-state index is 0.0600. The minimum Gasteiger partial charge on any atom is -0.326 e. The van der Waals surface area contributed by atoms with Crippen molar-refractivity contribution in [1.29, 1.82) is 0 Å². The number of rotatable bonds is 8. The van der Waals surface area contributed by atoms with Crippen LogP contribution in [-0.4, -0.2) is 38.0 Å². The van der Waals surface area contributed by atoms with Gasteiger partial charge in [0.15, 0.2) is 0 Å². The van der Waals surface area contributed by atoms with Gasteiger partial charge < -0.3 is 5.32 Å². The predicted octanol–water partition coefficient (Wildman–Crippen LogP) is 2.97. The summed E-state index contributed by atoms with van der Waals surface area (Å²) in [6.45, 7) is 2.26. The maximum Gasteiger partial charge on any atom is 0.225 e. The van der Waals surface area contributed by atoms with Gasteiger partial charge >= 0.3 is 0 Å². The van der Waals surface area contributed by atoms with E-state index in [1.165, 1.54) is 16.4 Å². The Bertz CT molecular complexity index is 851. The Labute approximate surface area is 153 Å². The molecule has 2 rings (SSSR count). The predicted molar refractivity (Wildman–Crippen MR) is 101 cm³/mol. The first-order chi connectivity index (χ1) is 12.2. The number of hydrogen-bond acceptors (Lipinski definition) is 3. The van der Waals surface area contributed by atoms with Gasteiger partial charge in [-0.3, -0.25) is 4.79 Å². The molecule has 2 aromatic rings. The number of carbonyl (C=O) groups is 1. The van der Waals surface area contributed by atoms with E-state index in [-0.39, 0.29) is 31.2 Å². The van der Waals surface area contributed by atoms with Crippen LogP contribution in [0, 0.1) is 12.7 Å². The molecule has 0 bridgehead atoms. The minimum atomic E-state index is -3.44. The van der Waals surface area contributed by atoms with Crippen LogP contribution >= 0.6 is 0 Å². The van der Waals surface area contributed by atoms with Crippen molar-refractivity contribution in [2.24, 2.45) is 0 Å². The zero-order valence-corrected chi connectivity index (χ0v) is 15.7. The molecule has 1 N–H and O–H groups in total. The van der Waals surface area contributed by atoms with Crippen LogP contribution in [0.2, 0.25) is 0 Å². The van der Waals surface area contributed by atoms with Crippen molar-refractivity contribution in [3.63, 3.8) is 0 Å². The number of amides is 1. The van der Waals surface area contributed by atoms with Crippen molar-refractivity contribution >= 4 is 21.6 Å². The van der Waals surface area contributed by atoms with Gasteiger partial charge in [0.2, 0.25) is 15.9 Å². The lowest BCUT2D eigenvalue weighted by atomic mass is 10.1. The first-order valence-corrected chi connectivity index (χ1v) is 10.1. The number of carbonyl (C=O) groups excluding carboxylic acids is 1. The number of sulfonamides is 1. The molecule has 7 heteroatoms. The molecule has 0 aliphatic heterocycles. The Kier molecular flexibility index (Phi) is 6.88. The summed E-state index contributed by atoms with van der Waals surface area (Å²) in [5, 5.41) is 2.77. The molecule has 0 aliphatic rings. The normalized spacial score (nSPS) is 11.5. The summed E-state index contributed by atoms with van der Waals surface area (Å²) < 4.78 is 38.1. The maximum atomic E-state index is 12.9. The zero-order valence-electron chi connectivity index (χ0n) is 14.9. The van der Waals surface area contributed by atoms with Gasteiger partial charge in [-0.15, -0.1) is 0 Å². The highest BCUT2D eigenvalue weighted by Gasteiger charge is 2.18. The number of aryl methyl sites for hydroxylation is 1. The maximum absolute atomic E-state index is 12.9. The van der Waals surface area contributed by atoms with Crippen LogP contribution in [0.25, 0.3) is 0 Å². The third kappa shape index (κ3) is 6.57. The Morgan fingerprint density at radius 1 is 1.12 bits per heavy atom. The Morgan fingerprint density at radius 2 is 1.81 bits per heavy atom. The van der Waals surface area contributed by atoms with Gasteiger partial charge in [0.05, 0.1) is 6.26 Å². The van der Waals surface area contributed by atoms with E-state index in [0.29, 0.717) is 12.1 Å². The first-order valence-electron chi connectivity index (χ1n) is 8.30. The molecule has 0 aromatic heterocycles. The molecule has 2 aromatic carbocycles. The monoisotopic (exact) mass is 378 g/mol. The van der Waals surface area contributed by atoms with Gasteiger partial charge in [-0.1, -0.05) is 24.3 Å². The van der Waals surface area contributed by atoms with E-state index in [9.17, 15) is 17.6 Å². The topological polar surface area (TPSA) is 66.5 Å².